The van der Waals surface area contributed by atoms with Crippen molar-refractivity contribution >= 4 is 18.0 Å². The van der Waals surface area contributed by atoms with E-state index in [9.17, 15) is 0 Å². The highest BCUT2D eigenvalue weighted by Gasteiger charge is 2.21. The van der Waals surface area contributed by atoms with Gasteiger partial charge in [0, 0.05) is 18.5 Å². The molecule has 82 valence electrons. The zero-order chi connectivity index (χ0) is 10.8. The van der Waals surface area contributed by atoms with Gasteiger partial charge in [0.25, 0.3) is 0 Å². The molecule has 0 aromatic carbocycles. The second-order valence-corrected chi connectivity index (χ2v) is 5.01. The first-order chi connectivity index (χ1) is 7.13. The minimum atomic E-state index is 0.597. The lowest BCUT2D eigenvalue weighted by atomic mass is 10.1. The quantitative estimate of drug-likeness (QED) is 0.771. The average molecular weight is 223 g/mol. The molecule has 0 bridgehead atoms. The van der Waals surface area contributed by atoms with Gasteiger partial charge >= 0.3 is 0 Å². The molecule has 1 heterocycles. The molecule has 0 unspecified atom stereocenters. The van der Waals surface area contributed by atoms with E-state index in [0.29, 0.717) is 16.6 Å². The fourth-order valence-electron chi connectivity index (χ4n) is 1.52. The molecule has 0 amide bonds. The Kier molecular flexibility index (Phi) is 3.05. The molecule has 0 atom stereocenters. The van der Waals surface area contributed by atoms with Crippen LogP contribution in [0.1, 0.15) is 32.5 Å². The molecule has 1 aromatic rings. The number of aromatic nitrogens is 2. The van der Waals surface area contributed by atoms with Crippen LogP contribution >= 0.6 is 12.2 Å². The number of nitrogens with zero attached hydrogens (tertiary/aromatic N) is 1. The molecule has 1 fully saturated rings. The van der Waals surface area contributed by atoms with Gasteiger partial charge in [-0.3, -0.25) is 0 Å². The predicted octanol–water partition coefficient (Wildman–Crippen LogP) is 2.91. The van der Waals surface area contributed by atoms with Gasteiger partial charge in [0.15, 0.2) is 0 Å². The Balaban J connectivity index is 2.15. The molecule has 2 N–H and O–H groups in total. The third kappa shape index (κ3) is 3.30. The normalized spacial score (nSPS) is 15.7. The van der Waals surface area contributed by atoms with E-state index in [1.165, 1.54) is 12.8 Å². The van der Waals surface area contributed by atoms with E-state index in [1.807, 2.05) is 6.07 Å². The van der Waals surface area contributed by atoms with E-state index in [2.05, 4.69) is 29.1 Å². The summed E-state index contributed by atoms with van der Waals surface area (Å²) in [7, 11) is 0. The van der Waals surface area contributed by atoms with Crippen LogP contribution in [0.3, 0.4) is 0 Å². The first-order valence-corrected chi connectivity index (χ1v) is 5.91. The first-order valence-electron chi connectivity index (χ1n) is 5.50. The van der Waals surface area contributed by atoms with Crippen molar-refractivity contribution in [1.82, 2.24) is 9.97 Å². The minimum Gasteiger partial charge on any atom is -0.369 e. The van der Waals surface area contributed by atoms with Gasteiger partial charge in [-0.15, -0.1) is 0 Å². The third-order valence-corrected chi connectivity index (χ3v) is 2.54. The highest BCUT2D eigenvalue weighted by atomic mass is 32.1. The Bertz CT molecular complexity index is 368. The first kappa shape index (κ1) is 10.6. The van der Waals surface area contributed by atoms with Crippen molar-refractivity contribution in [3.63, 3.8) is 0 Å². The molecular formula is C11H17N3S. The fourth-order valence-corrected chi connectivity index (χ4v) is 1.75. The summed E-state index contributed by atoms with van der Waals surface area (Å²) in [6.07, 6.45) is 3.48. The van der Waals surface area contributed by atoms with Crippen LogP contribution in [0.2, 0.25) is 0 Å². The monoisotopic (exact) mass is 223 g/mol. The van der Waals surface area contributed by atoms with Gasteiger partial charge < -0.3 is 10.3 Å². The van der Waals surface area contributed by atoms with Crippen LogP contribution in [0.15, 0.2) is 6.07 Å². The van der Waals surface area contributed by atoms with Gasteiger partial charge in [0.2, 0.25) is 0 Å². The van der Waals surface area contributed by atoms with Gasteiger partial charge in [0.05, 0.1) is 0 Å². The maximum absolute atomic E-state index is 5.14. The summed E-state index contributed by atoms with van der Waals surface area (Å²) in [6, 6.07) is 2.54. The summed E-state index contributed by atoms with van der Waals surface area (Å²) < 4.78 is 0.674. The minimum absolute atomic E-state index is 0.597. The maximum atomic E-state index is 5.14. The summed E-state index contributed by atoms with van der Waals surface area (Å²) in [5.41, 5.74) is 0. The van der Waals surface area contributed by atoms with Crippen LogP contribution in [0, 0.1) is 10.6 Å². The van der Waals surface area contributed by atoms with Gasteiger partial charge in [-0.25, -0.2) is 4.98 Å². The summed E-state index contributed by atoms with van der Waals surface area (Å²) in [5, 5.41) is 3.41. The second kappa shape index (κ2) is 4.31. The fraction of sp³-hybridized carbons (Fsp3) is 0.636. The van der Waals surface area contributed by atoms with E-state index in [-0.39, 0.29) is 0 Å². The van der Waals surface area contributed by atoms with Crippen LogP contribution in [0.5, 0.6) is 0 Å². The topological polar surface area (TPSA) is 40.7 Å². The van der Waals surface area contributed by atoms with Crippen LogP contribution in [0.4, 0.5) is 5.82 Å². The van der Waals surface area contributed by atoms with E-state index in [1.54, 1.807) is 0 Å². The molecular weight excluding hydrogens is 206 g/mol. The molecule has 3 nitrogen and oxygen atoms in total. The highest BCUT2D eigenvalue weighted by molar-refractivity contribution is 7.71. The summed E-state index contributed by atoms with van der Waals surface area (Å²) in [6.45, 7) is 4.36. The molecule has 1 aromatic heterocycles. The number of H-pyrrole nitrogens is 1. The number of nitrogens with one attached hydrogen (secondary N) is 2. The second-order valence-electron chi connectivity index (χ2n) is 4.60. The van der Waals surface area contributed by atoms with Crippen molar-refractivity contribution in [3.05, 3.63) is 16.5 Å². The molecule has 2 rings (SSSR count). The molecule has 0 spiro atoms. The largest absolute Gasteiger partial charge is 0.369 e. The van der Waals surface area contributed by atoms with Crippen LogP contribution in [0.25, 0.3) is 0 Å². The lowest BCUT2D eigenvalue weighted by molar-refractivity contribution is 0.620. The van der Waals surface area contributed by atoms with Crippen LogP contribution in [-0.2, 0) is 6.42 Å². The smallest absolute Gasteiger partial charge is 0.131 e. The van der Waals surface area contributed by atoms with E-state index in [4.69, 9.17) is 12.2 Å². The SMILES string of the molecule is CC(C)Cc1nc(=S)cc(NC2CC2)[nH]1. The van der Waals surface area contributed by atoms with Gasteiger partial charge in [-0.2, -0.15) is 0 Å². The molecule has 1 aliphatic rings. The summed E-state index contributed by atoms with van der Waals surface area (Å²) in [4.78, 5) is 7.62. The van der Waals surface area contributed by atoms with Crippen molar-refractivity contribution in [2.24, 2.45) is 5.92 Å². The Hall–Kier alpha value is -0.900. The van der Waals surface area contributed by atoms with Crippen LogP contribution in [-0.4, -0.2) is 16.0 Å². The average Bonchev–Trinajstić information content (AvgIpc) is 2.85. The Morgan fingerprint density at radius 3 is 2.93 bits per heavy atom. The molecule has 0 saturated heterocycles. The Morgan fingerprint density at radius 2 is 2.33 bits per heavy atom. The lowest BCUT2D eigenvalue weighted by Gasteiger charge is -2.08. The van der Waals surface area contributed by atoms with Gasteiger partial charge in [-0.1, -0.05) is 26.1 Å². The number of anilines is 1. The van der Waals surface area contributed by atoms with Crippen molar-refractivity contribution in [2.75, 3.05) is 5.32 Å². The Labute approximate surface area is 95.3 Å². The lowest BCUT2D eigenvalue weighted by Crippen LogP contribution is -2.07. The summed E-state index contributed by atoms with van der Waals surface area (Å²) >= 11 is 5.14. The van der Waals surface area contributed by atoms with Crippen LogP contribution < -0.4 is 5.32 Å². The predicted molar refractivity (Wildman–Crippen MR) is 64.6 cm³/mol. The number of hydrogen-bond acceptors (Lipinski definition) is 3. The molecule has 0 aliphatic heterocycles. The van der Waals surface area contributed by atoms with Crippen molar-refractivity contribution in [3.8, 4) is 0 Å². The number of hydrogen-bond donors (Lipinski definition) is 2. The molecule has 4 heteroatoms. The molecule has 0 radical (unpaired) electrons. The standard InChI is InChI=1S/C11H17N3S/c1-7(2)5-9-13-10(6-11(15)14-9)12-8-3-4-8/h6-8H,3-5H2,1-2H3,(H2,12,13,14,15). The molecule has 1 aliphatic carbocycles. The van der Waals surface area contributed by atoms with Crippen molar-refractivity contribution in [2.45, 2.75) is 39.2 Å². The molecule has 15 heavy (non-hydrogen) atoms. The Morgan fingerprint density at radius 1 is 1.60 bits per heavy atom. The number of aromatic amines is 1. The summed E-state index contributed by atoms with van der Waals surface area (Å²) in [5.74, 6) is 2.60. The highest BCUT2D eigenvalue weighted by Crippen LogP contribution is 2.23. The van der Waals surface area contributed by atoms with Gasteiger partial charge in [0.1, 0.15) is 16.3 Å². The zero-order valence-corrected chi connectivity index (χ0v) is 10.0. The van der Waals surface area contributed by atoms with E-state index >= 15 is 0 Å². The zero-order valence-electron chi connectivity index (χ0n) is 9.21. The van der Waals surface area contributed by atoms with Crippen molar-refractivity contribution < 1.29 is 0 Å². The van der Waals surface area contributed by atoms with Gasteiger partial charge in [-0.05, 0) is 18.8 Å². The van der Waals surface area contributed by atoms with Crippen molar-refractivity contribution in [1.29, 1.82) is 0 Å². The number of rotatable bonds is 4. The molecule has 1 saturated carbocycles. The maximum Gasteiger partial charge on any atom is 0.131 e. The van der Waals surface area contributed by atoms with E-state index in [0.717, 1.165) is 18.1 Å². The third-order valence-electron chi connectivity index (χ3n) is 2.33. The van der Waals surface area contributed by atoms with E-state index < -0.39 is 0 Å².